The second-order valence-corrected chi connectivity index (χ2v) is 7.61. The molecular weight excluding hydrogens is 330 g/mol. The number of nitrogens with one attached hydrogen (secondary N) is 1. The molecule has 0 unspecified atom stereocenters. The van der Waals surface area contributed by atoms with Crippen LogP contribution in [-0.2, 0) is 17.1 Å². The number of ether oxygens (including phenoxy) is 1. The number of aromatic nitrogens is 1. The van der Waals surface area contributed by atoms with Crippen LogP contribution >= 0.6 is 0 Å². The number of amides is 1. The number of carbonyl (C=O) groups excluding carboxylic acids is 1. The van der Waals surface area contributed by atoms with Gasteiger partial charge in [0.05, 0.1) is 18.0 Å². The Morgan fingerprint density at radius 1 is 1.21 bits per heavy atom. The average Bonchev–Trinajstić information content (AvgIpc) is 2.96. The summed E-state index contributed by atoms with van der Waals surface area (Å²) in [6.45, 7) is 0.537. The van der Waals surface area contributed by atoms with Crippen molar-refractivity contribution in [3.8, 4) is 5.75 Å². The summed E-state index contributed by atoms with van der Waals surface area (Å²) in [6.07, 6.45) is 1.79. The molecule has 0 aliphatic carbocycles. The molecule has 0 bridgehead atoms. The zero-order valence-electron chi connectivity index (χ0n) is 13.5. The van der Waals surface area contributed by atoms with Crippen LogP contribution in [0.2, 0.25) is 0 Å². The molecule has 1 aliphatic heterocycles. The summed E-state index contributed by atoms with van der Waals surface area (Å²) in [5.41, 5.74) is 0.548. The van der Waals surface area contributed by atoms with E-state index in [1.54, 1.807) is 42.1 Å². The highest BCUT2D eigenvalue weighted by molar-refractivity contribution is 7.89. The second-order valence-electron chi connectivity index (χ2n) is 5.67. The van der Waals surface area contributed by atoms with E-state index >= 15 is 0 Å². The van der Waals surface area contributed by atoms with Crippen molar-refractivity contribution in [3.05, 3.63) is 48.3 Å². The third kappa shape index (κ3) is 3.02. The number of carbonyl (C=O) groups is 1. The molecule has 1 N–H and O–H groups in total. The molecule has 0 spiro atoms. The van der Waals surface area contributed by atoms with Gasteiger partial charge in [0.2, 0.25) is 10.0 Å². The third-order valence-electron chi connectivity index (χ3n) is 4.06. The average molecular weight is 349 g/mol. The van der Waals surface area contributed by atoms with Gasteiger partial charge in [-0.15, -0.1) is 0 Å². The Balaban J connectivity index is 1.61. The van der Waals surface area contributed by atoms with Crippen LogP contribution in [0.25, 0.3) is 0 Å². The first-order valence-electron chi connectivity index (χ1n) is 7.48. The summed E-state index contributed by atoms with van der Waals surface area (Å²) >= 11 is 0. The molecule has 0 atom stereocenters. The number of hydrogen-bond acceptors (Lipinski definition) is 4. The Hall–Kier alpha value is -2.32. The monoisotopic (exact) mass is 349 g/mol. The van der Waals surface area contributed by atoms with E-state index in [4.69, 9.17) is 4.74 Å². The smallest absolute Gasteiger partial charge is 0.268 e. The van der Waals surface area contributed by atoms with Gasteiger partial charge in [0.15, 0.2) is 0 Å². The Kier molecular flexibility index (Phi) is 4.33. The van der Waals surface area contributed by atoms with Crippen molar-refractivity contribution in [3.63, 3.8) is 0 Å². The van der Waals surface area contributed by atoms with Crippen LogP contribution in [0.15, 0.2) is 47.5 Å². The third-order valence-corrected chi connectivity index (χ3v) is 5.90. The lowest BCUT2D eigenvalue weighted by atomic mass is 10.2. The molecule has 1 aromatic heterocycles. The van der Waals surface area contributed by atoms with Crippen molar-refractivity contribution < 1.29 is 17.9 Å². The van der Waals surface area contributed by atoms with Crippen LogP contribution in [0.3, 0.4) is 0 Å². The molecule has 0 radical (unpaired) electrons. The van der Waals surface area contributed by atoms with Gasteiger partial charge in [-0.2, -0.15) is 4.31 Å². The molecule has 1 aliphatic rings. The molecule has 1 fully saturated rings. The Bertz CT molecular complexity index is 836. The first-order chi connectivity index (χ1) is 11.4. The van der Waals surface area contributed by atoms with Gasteiger partial charge in [-0.3, -0.25) is 4.79 Å². The number of benzene rings is 1. The number of hydrogen-bond donors (Lipinski definition) is 1. The normalized spacial score (nSPS) is 15.8. The summed E-state index contributed by atoms with van der Waals surface area (Å²) in [5, 5.41) is 2.85. The van der Waals surface area contributed by atoms with Gasteiger partial charge in [0.25, 0.3) is 5.91 Å². The van der Waals surface area contributed by atoms with E-state index in [1.807, 2.05) is 0 Å². The Morgan fingerprint density at radius 2 is 1.88 bits per heavy atom. The summed E-state index contributed by atoms with van der Waals surface area (Å²) in [5.74, 6) is 0.402. The molecule has 2 aromatic rings. The predicted molar refractivity (Wildman–Crippen MR) is 88.4 cm³/mol. The fraction of sp³-hybridized carbons (Fsp3) is 0.312. The van der Waals surface area contributed by atoms with E-state index in [1.165, 1.54) is 23.5 Å². The van der Waals surface area contributed by atoms with Gasteiger partial charge in [0.1, 0.15) is 11.4 Å². The van der Waals surface area contributed by atoms with Gasteiger partial charge in [-0.05, 0) is 36.4 Å². The minimum Gasteiger partial charge on any atom is -0.497 e. The number of aryl methyl sites for hydroxylation is 1. The van der Waals surface area contributed by atoms with Crippen LogP contribution in [0.1, 0.15) is 10.5 Å². The zero-order chi connectivity index (χ0) is 17.3. The minimum absolute atomic E-state index is 0.180. The lowest BCUT2D eigenvalue weighted by molar-refractivity contribution is 0.0887. The summed E-state index contributed by atoms with van der Waals surface area (Å²) in [6, 6.07) is 9.59. The van der Waals surface area contributed by atoms with Crippen molar-refractivity contribution in [1.29, 1.82) is 0 Å². The number of methoxy groups -OCH3 is 1. The van der Waals surface area contributed by atoms with Crippen LogP contribution in [0.5, 0.6) is 5.75 Å². The molecule has 24 heavy (non-hydrogen) atoms. The van der Waals surface area contributed by atoms with Crippen LogP contribution in [0, 0.1) is 0 Å². The topological polar surface area (TPSA) is 80.6 Å². The molecule has 1 saturated heterocycles. The van der Waals surface area contributed by atoms with E-state index in [0.29, 0.717) is 11.4 Å². The van der Waals surface area contributed by atoms with Crippen molar-refractivity contribution in [2.45, 2.75) is 10.9 Å². The minimum atomic E-state index is -3.54. The summed E-state index contributed by atoms with van der Waals surface area (Å²) < 4.78 is 33.1. The van der Waals surface area contributed by atoms with Crippen LogP contribution in [0.4, 0.5) is 0 Å². The van der Waals surface area contributed by atoms with E-state index in [9.17, 15) is 13.2 Å². The van der Waals surface area contributed by atoms with Crippen molar-refractivity contribution in [2.24, 2.45) is 7.05 Å². The lowest BCUT2D eigenvalue weighted by Crippen LogP contribution is -2.60. The molecule has 1 aromatic carbocycles. The highest BCUT2D eigenvalue weighted by Crippen LogP contribution is 2.23. The van der Waals surface area contributed by atoms with Gasteiger partial charge < -0.3 is 14.6 Å². The Labute approximate surface area is 140 Å². The molecule has 1 amide bonds. The highest BCUT2D eigenvalue weighted by atomic mass is 32.2. The SMILES string of the molecule is COc1ccc(S(=O)(=O)N2CC(NC(=O)c3cccn3C)C2)cc1. The molecular formula is C16H19N3O4S. The van der Waals surface area contributed by atoms with Crippen molar-refractivity contribution >= 4 is 15.9 Å². The van der Waals surface area contributed by atoms with E-state index < -0.39 is 10.0 Å². The zero-order valence-corrected chi connectivity index (χ0v) is 14.3. The van der Waals surface area contributed by atoms with Crippen LogP contribution in [-0.4, -0.2) is 49.4 Å². The van der Waals surface area contributed by atoms with Crippen molar-refractivity contribution in [1.82, 2.24) is 14.2 Å². The molecule has 128 valence electrons. The summed E-state index contributed by atoms with van der Waals surface area (Å²) in [7, 11) is -0.222. The standard InChI is InChI=1S/C16H19N3O4S/c1-18-9-3-4-15(18)16(20)17-12-10-19(11-12)24(21,22)14-7-5-13(23-2)6-8-14/h3-9,12H,10-11H2,1-2H3,(H,17,20). The highest BCUT2D eigenvalue weighted by Gasteiger charge is 2.37. The van der Waals surface area contributed by atoms with Gasteiger partial charge in [0, 0.05) is 26.3 Å². The maximum atomic E-state index is 12.5. The molecule has 3 rings (SSSR count). The fourth-order valence-electron chi connectivity index (χ4n) is 2.58. The quantitative estimate of drug-likeness (QED) is 0.867. The largest absolute Gasteiger partial charge is 0.497 e. The molecule has 0 saturated carbocycles. The van der Waals surface area contributed by atoms with Gasteiger partial charge in [-0.25, -0.2) is 8.42 Å². The van der Waals surface area contributed by atoms with Gasteiger partial charge in [-0.1, -0.05) is 0 Å². The summed E-state index contributed by atoms with van der Waals surface area (Å²) in [4.78, 5) is 12.3. The van der Waals surface area contributed by atoms with Gasteiger partial charge >= 0.3 is 0 Å². The lowest BCUT2D eigenvalue weighted by Gasteiger charge is -2.38. The number of rotatable bonds is 5. The number of nitrogens with zero attached hydrogens (tertiary/aromatic N) is 2. The van der Waals surface area contributed by atoms with Crippen LogP contribution < -0.4 is 10.1 Å². The maximum absolute atomic E-state index is 12.5. The fourth-order valence-corrected chi connectivity index (χ4v) is 4.11. The van der Waals surface area contributed by atoms with E-state index in [0.717, 1.165) is 0 Å². The Morgan fingerprint density at radius 3 is 2.42 bits per heavy atom. The first kappa shape index (κ1) is 16.5. The van der Waals surface area contributed by atoms with E-state index in [2.05, 4.69) is 5.32 Å². The molecule has 8 heteroatoms. The maximum Gasteiger partial charge on any atom is 0.268 e. The number of sulfonamides is 1. The first-order valence-corrected chi connectivity index (χ1v) is 8.92. The van der Waals surface area contributed by atoms with E-state index in [-0.39, 0.29) is 29.9 Å². The van der Waals surface area contributed by atoms with Crippen molar-refractivity contribution in [2.75, 3.05) is 20.2 Å². The molecule has 7 nitrogen and oxygen atoms in total. The molecule has 2 heterocycles. The predicted octanol–water partition coefficient (Wildman–Crippen LogP) is 0.837. The second kappa shape index (κ2) is 6.29.